The van der Waals surface area contributed by atoms with Gasteiger partial charge in [0.2, 0.25) is 0 Å². The first kappa shape index (κ1) is 13.2. The molecule has 0 saturated heterocycles. The first-order valence-electron chi connectivity index (χ1n) is 5.81. The quantitative estimate of drug-likeness (QED) is 0.309. The molecule has 17 heavy (non-hydrogen) atoms. The third-order valence-corrected chi connectivity index (χ3v) is 2.26. The summed E-state index contributed by atoms with van der Waals surface area (Å²) in [5.74, 6) is -0.285. The van der Waals surface area contributed by atoms with Crippen LogP contribution in [0.1, 0.15) is 24.8 Å². The van der Waals surface area contributed by atoms with Crippen molar-refractivity contribution in [3.05, 3.63) is 60.7 Å². The van der Waals surface area contributed by atoms with Crippen molar-refractivity contribution < 1.29 is 9.53 Å². The molecule has 0 atom stereocenters. The van der Waals surface area contributed by atoms with Gasteiger partial charge in [-0.2, -0.15) is 0 Å². The Labute approximate surface area is 103 Å². The maximum atomic E-state index is 11.3. The number of carbonyl (C=O) groups is 1. The van der Waals surface area contributed by atoms with Crippen LogP contribution in [0.25, 0.3) is 0 Å². The Kier molecular flexibility index (Phi) is 6.49. The molecule has 1 aromatic carbocycles. The number of carbonyl (C=O) groups excluding carboxylic acids is 1. The molecule has 1 rings (SSSR count). The van der Waals surface area contributed by atoms with Crippen molar-refractivity contribution >= 4 is 5.97 Å². The van der Waals surface area contributed by atoms with Crippen LogP contribution < -0.4 is 0 Å². The van der Waals surface area contributed by atoms with Gasteiger partial charge in [0.15, 0.2) is 0 Å². The number of esters is 1. The van der Waals surface area contributed by atoms with Crippen molar-refractivity contribution in [3.8, 4) is 0 Å². The van der Waals surface area contributed by atoms with Gasteiger partial charge in [-0.05, 0) is 24.8 Å². The molecule has 0 aromatic heterocycles. The smallest absolute Gasteiger partial charge is 0.330 e. The third kappa shape index (κ3) is 6.36. The number of hydrogen-bond donors (Lipinski definition) is 0. The Balaban J connectivity index is 2.19. The molecular formula is C15H18O2. The first-order chi connectivity index (χ1) is 8.33. The van der Waals surface area contributed by atoms with Crippen LogP contribution in [0.5, 0.6) is 0 Å². The lowest BCUT2D eigenvalue weighted by atomic mass is 10.2. The number of benzene rings is 1. The molecule has 0 spiro atoms. The van der Waals surface area contributed by atoms with E-state index in [-0.39, 0.29) is 5.97 Å². The van der Waals surface area contributed by atoms with Crippen molar-refractivity contribution in [2.45, 2.75) is 25.9 Å². The fourth-order valence-corrected chi connectivity index (χ4v) is 1.34. The highest BCUT2D eigenvalue weighted by Crippen LogP contribution is 2.01. The van der Waals surface area contributed by atoms with Gasteiger partial charge in [0.1, 0.15) is 6.61 Å². The minimum Gasteiger partial charge on any atom is -0.458 e. The van der Waals surface area contributed by atoms with Crippen molar-refractivity contribution in [1.29, 1.82) is 0 Å². The highest BCUT2D eigenvalue weighted by atomic mass is 16.5. The minimum atomic E-state index is -0.285. The zero-order chi connectivity index (χ0) is 12.3. The molecular weight excluding hydrogens is 212 g/mol. The molecule has 0 saturated carbocycles. The molecule has 1 aromatic rings. The molecule has 0 aliphatic carbocycles. The number of ether oxygens (including phenoxy) is 1. The highest BCUT2D eigenvalue weighted by molar-refractivity contribution is 5.81. The van der Waals surface area contributed by atoms with Gasteiger partial charge in [0.05, 0.1) is 0 Å². The van der Waals surface area contributed by atoms with Crippen LogP contribution in [0.2, 0.25) is 0 Å². The van der Waals surface area contributed by atoms with Crippen LogP contribution in [-0.2, 0) is 16.1 Å². The van der Waals surface area contributed by atoms with Gasteiger partial charge in [-0.15, -0.1) is 6.58 Å². The van der Waals surface area contributed by atoms with Gasteiger partial charge in [-0.1, -0.05) is 42.5 Å². The van der Waals surface area contributed by atoms with Crippen molar-refractivity contribution in [2.24, 2.45) is 0 Å². The molecule has 0 radical (unpaired) electrons. The van der Waals surface area contributed by atoms with E-state index in [0.717, 1.165) is 24.8 Å². The molecule has 90 valence electrons. The molecule has 0 aliphatic rings. The monoisotopic (exact) mass is 230 g/mol. The SMILES string of the molecule is C=CCCC/C=C/C(=O)OCc1ccccc1. The first-order valence-corrected chi connectivity index (χ1v) is 5.81. The predicted octanol–water partition coefficient (Wildman–Crippen LogP) is 3.64. The summed E-state index contributed by atoms with van der Waals surface area (Å²) in [6, 6.07) is 9.65. The van der Waals surface area contributed by atoms with E-state index < -0.39 is 0 Å². The van der Waals surface area contributed by atoms with Crippen molar-refractivity contribution in [2.75, 3.05) is 0 Å². The molecule has 0 bridgehead atoms. The average Bonchev–Trinajstić information content (AvgIpc) is 2.37. The second kappa shape index (κ2) is 8.34. The third-order valence-electron chi connectivity index (χ3n) is 2.26. The van der Waals surface area contributed by atoms with Gasteiger partial charge < -0.3 is 4.74 Å². The van der Waals surface area contributed by atoms with Gasteiger partial charge in [-0.3, -0.25) is 0 Å². The van der Waals surface area contributed by atoms with E-state index in [1.165, 1.54) is 6.08 Å². The molecule has 0 aliphatic heterocycles. The molecule has 0 fully saturated rings. The summed E-state index contributed by atoms with van der Waals surface area (Å²) in [5, 5.41) is 0. The minimum absolute atomic E-state index is 0.285. The van der Waals surface area contributed by atoms with Gasteiger partial charge in [0, 0.05) is 6.08 Å². The Morgan fingerprint density at radius 1 is 1.24 bits per heavy atom. The number of unbranched alkanes of at least 4 members (excludes halogenated alkanes) is 2. The fraction of sp³-hybridized carbons (Fsp3) is 0.267. The van der Waals surface area contributed by atoms with Crippen LogP contribution in [0, 0.1) is 0 Å². The molecule has 0 N–H and O–H groups in total. The second-order valence-electron chi connectivity index (χ2n) is 3.72. The number of allylic oxidation sites excluding steroid dienone is 2. The normalized spacial score (nSPS) is 10.4. The second-order valence-corrected chi connectivity index (χ2v) is 3.72. The molecule has 0 amide bonds. The lowest BCUT2D eigenvalue weighted by molar-refractivity contribution is -0.139. The van der Waals surface area contributed by atoms with Gasteiger partial charge >= 0.3 is 5.97 Å². The Morgan fingerprint density at radius 2 is 2.00 bits per heavy atom. The zero-order valence-corrected chi connectivity index (χ0v) is 9.97. The summed E-state index contributed by atoms with van der Waals surface area (Å²) in [6.07, 6.45) is 8.09. The Morgan fingerprint density at radius 3 is 2.71 bits per heavy atom. The lowest BCUT2D eigenvalue weighted by Gasteiger charge is -2.01. The van der Waals surface area contributed by atoms with E-state index >= 15 is 0 Å². The number of hydrogen-bond acceptors (Lipinski definition) is 2. The average molecular weight is 230 g/mol. The maximum absolute atomic E-state index is 11.3. The van der Waals surface area contributed by atoms with Crippen molar-refractivity contribution in [3.63, 3.8) is 0 Å². The molecule has 0 heterocycles. The van der Waals surface area contributed by atoms with E-state index in [2.05, 4.69) is 6.58 Å². The summed E-state index contributed by atoms with van der Waals surface area (Å²) in [6.45, 7) is 3.97. The highest BCUT2D eigenvalue weighted by Gasteiger charge is 1.97. The van der Waals surface area contributed by atoms with Crippen LogP contribution in [0.15, 0.2) is 55.1 Å². The summed E-state index contributed by atoms with van der Waals surface area (Å²) in [5.41, 5.74) is 1.00. The van der Waals surface area contributed by atoms with Crippen LogP contribution in [0.3, 0.4) is 0 Å². The van der Waals surface area contributed by atoms with Crippen LogP contribution in [0.4, 0.5) is 0 Å². The van der Waals surface area contributed by atoms with E-state index in [9.17, 15) is 4.79 Å². The molecule has 0 unspecified atom stereocenters. The van der Waals surface area contributed by atoms with E-state index in [1.807, 2.05) is 42.5 Å². The van der Waals surface area contributed by atoms with Crippen LogP contribution >= 0.6 is 0 Å². The Bertz CT molecular complexity index is 366. The largest absolute Gasteiger partial charge is 0.458 e. The van der Waals surface area contributed by atoms with E-state index in [0.29, 0.717) is 6.61 Å². The van der Waals surface area contributed by atoms with Crippen LogP contribution in [-0.4, -0.2) is 5.97 Å². The number of rotatable bonds is 7. The summed E-state index contributed by atoms with van der Waals surface area (Å²) in [7, 11) is 0. The summed E-state index contributed by atoms with van der Waals surface area (Å²) in [4.78, 5) is 11.3. The standard InChI is InChI=1S/C15H18O2/c1-2-3-4-5-9-12-15(16)17-13-14-10-7-6-8-11-14/h2,6-12H,1,3-5,13H2/b12-9+. The van der Waals surface area contributed by atoms with E-state index in [1.54, 1.807) is 0 Å². The fourth-order valence-electron chi connectivity index (χ4n) is 1.34. The van der Waals surface area contributed by atoms with Gasteiger partial charge in [0.25, 0.3) is 0 Å². The zero-order valence-electron chi connectivity index (χ0n) is 9.97. The Hall–Kier alpha value is -1.83. The van der Waals surface area contributed by atoms with Crippen molar-refractivity contribution in [1.82, 2.24) is 0 Å². The lowest BCUT2D eigenvalue weighted by Crippen LogP contribution is -2.00. The van der Waals surface area contributed by atoms with Gasteiger partial charge in [-0.25, -0.2) is 4.79 Å². The van der Waals surface area contributed by atoms with E-state index in [4.69, 9.17) is 4.74 Å². The molecule has 2 nitrogen and oxygen atoms in total. The predicted molar refractivity (Wildman–Crippen MR) is 69.4 cm³/mol. The molecule has 2 heteroatoms. The maximum Gasteiger partial charge on any atom is 0.330 e. The topological polar surface area (TPSA) is 26.3 Å². The summed E-state index contributed by atoms with van der Waals surface area (Å²) < 4.78 is 5.09. The summed E-state index contributed by atoms with van der Waals surface area (Å²) >= 11 is 0.